The number of benzene rings is 2. The maximum Gasteiger partial charge on any atom is 0.338 e. The van der Waals surface area contributed by atoms with E-state index >= 15 is 0 Å². The zero-order valence-corrected chi connectivity index (χ0v) is 14.1. The van der Waals surface area contributed by atoms with Gasteiger partial charge in [-0.05, 0) is 0 Å². The molecule has 2 aromatic rings. The van der Waals surface area contributed by atoms with Crippen LogP contribution in [-0.2, 0) is 0 Å². The molecule has 2 aromatic carbocycles. The highest BCUT2D eigenvalue weighted by Crippen LogP contribution is 2.46. The molecule has 26 heavy (non-hydrogen) atoms. The van der Waals surface area contributed by atoms with Crippen molar-refractivity contribution in [2.45, 2.75) is 0 Å². The second-order valence-electron chi connectivity index (χ2n) is 4.53. The standard InChI is InChI=1S/C14H3Cl3F4O5/c15-6-4(13(22)23)5(14(24)25)7(16)12(8(6)17)26-3-1-2(18)9(19)11(21)10(3)20/h1H,(H,22,23)(H,24,25). The summed E-state index contributed by atoms with van der Waals surface area (Å²) >= 11 is 17.2. The first-order valence-corrected chi connectivity index (χ1v) is 7.30. The Labute approximate surface area is 156 Å². The fourth-order valence-corrected chi connectivity index (χ4v) is 2.71. The Kier molecular flexibility index (Phi) is 5.55. The van der Waals surface area contributed by atoms with Gasteiger partial charge in [0.25, 0.3) is 0 Å². The van der Waals surface area contributed by atoms with E-state index in [0.717, 1.165) is 0 Å². The van der Waals surface area contributed by atoms with E-state index in [0.29, 0.717) is 0 Å². The molecule has 0 aliphatic heterocycles. The molecule has 0 aromatic heterocycles. The molecule has 0 bridgehead atoms. The molecular formula is C14H3Cl3F4O5. The van der Waals surface area contributed by atoms with Crippen molar-refractivity contribution in [1.82, 2.24) is 0 Å². The van der Waals surface area contributed by atoms with Crippen LogP contribution in [0.25, 0.3) is 0 Å². The fourth-order valence-electron chi connectivity index (χ4n) is 1.87. The van der Waals surface area contributed by atoms with E-state index in [1.165, 1.54) is 0 Å². The van der Waals surface area contributed by atoms with E-state index in [4.69, 9.17) is 49.8 Å². The van der Waals surface area contributed by atoms with E-state index in [-0.39, 0.29) is 6.07 Å². The van der Waals surface area contributed by atoms with Gasteiger partial charge in [0.15, 0.2) is 23.1 Å². The lowest BCUT2D eigenvalue weighted by Gasteiger charge is -2.16. The predicted molar refractivity (Wildman–Crippen MR) is 81.7 cm³/mol. The molecule has 0 atom stereocenters. The molecule has 0 aliphatic rings. The lowest BCUT2D eigenvalue weighted by Crippen LogP contribution is -2.11. The highest BCUT2D eigenvalue weighted by molar-refractivity contribution is 6.47. The summed E-state index contributed by atoms with van der Waals surface area (Å²) in [5, 5.41) is 15.7. The van der Waals surface area contributed by atoms with Crippen LogP contribution in [-0.4, -0.2) is 22.2 Å². The summed E-state index contributed by atoms with van der Waals surface area (Å²) in [5.41, 5.74) is -2.05. The van der Waals surface area contributed by atoms with Crippen LogP contribution in [0.15, 0.2) is 6.07 Å². The quantitative estimate of drug-likeness (QED) is 0.384. The Morgan fingerprint density at radius 2 is 1.31 bits per heavy atom. The number of carboxylic acid groups (broad SMARTS) is 2. The number of hydrogen-bond donors (Lipinski definition) is 2. The van der Waals surface area contributed by atoms with Gasteiger partial charge in [-0.15, -0.1) is 0 Å². The third-order valence-electron chi connectivity index (χ3n) is 2.99. The number of carboxylic acids is 2. The molecule has 138 valence electrons. The molecular weight excluding hydrogens is 431 g/mol. The molecule has 0 fully saturated rings. The normalized spacial score (nSPS) is 10.7. The largest absolute Gasteiger partial charge is 0.478 e. The molecule has 5 nitrogen and oxygen atoms in total. The Morgan fingerprint density at radius 1 is 0.808 bits per heavy atom. The highest BCUT2D eigenvalue weighted by atomic mass is 35.5. The minimum absolute atomic E-state index is 0.111. The first-order valence-electron chi connectivity index (χ1n) is 6.16. The van der Waals surface area contributed by atoms with Crippen LogP contribution >= 0.6 is 34.8 Å². The molecule has 0 amide bonds. The van der Waals surface area contributed by atoms with Crippen molar-refractivity contribution in [2.24, 2.45) is 0 Å². The van der Waals surface area contributed by atoms with Crippen LogP contribution in [0.1, 0.15) is 20.7 Å². The van der Waals surface area contributed by atoms with Crippen LogP contribution in [0.3, 0.4) is 0 Å². The van der Waals surface area contributed by atoms with Gasteiger partial charge in [0, 0.05) is 6.07 Å². The number of hydrogen-bond acceptors (Lipinski definition) is 3. The Balaban J connectivity index is 2.77. The number of carbonyl (C=O) groups is 2. The summed E-state index contributed by atoms with van der Waals surface area (Å²) in [6, 6.07) is 0.111. The number of ether oxygens (including phenoxy) is 1. The van der Waals surface area contributed by atoms with Gasteiger partial charge < -0.3 is 14.9 Å². The van der Waals surface area contributed by atoms with E-state index in [1.807, 2.05) is 0 Å². The maximum absolute atomic E-state index is 13.7. The lowest BCUT2D eigenvalue weighted by atomic mass is 10.1. The van der Waals surface area contributed by atoms with Crippen LogP contribution in [0, 0.1) is 23.3 Å². The predicted octanol–water partition coefficient (Wildman–Crippen LogP) is 5.39. The summed E-state index contributed by atoms with van der Waals surface area (Å²) in [5.74, 6) is -13.9. The smallest absolute Gasteiger partial charge is 0.338 e. The molecule has 0 unspecified atom stereocenters. The van der Waals surface area contributed by atoms with E-state index in [2.05, 4.69) is 0 Å². The van der Waals surface area contributed by atoms with Gasteiger partial charge in [0.2, 0.25) is 11.6 Å². The third-order valence-corrected chi connectivity index (χ3v) is 4.19. The number of aromatic carboxylic acids is 2. The van der Waals surface area contributed by atoms with Crippen molar-refractivity contribution in [3.8, 4) is 11.5 Å². The minimum atomic E-state index is -2.21. The first-order chi connectivity index (χ1) is 12.0. The van der Waals surface area contributed by atoms with Gasteiger partial charge in [-0.1, -0.05) is 34.8 Å². The molecule has 12 heteroatoms. The van der Waals surface area contributed by atoms with Gasteiger partial charge in [0.1, 0.15) is 10.0 Å². The zero-order chi connectivity index (χ0) is 19.9. The Hall–Kier alpha value is -2.23. The fraction of sp³-hybridized carbons (Fsp3) is 0. The summed E-state index contributed by atoms with van der Waals surface area (Å²) < 4.78 is 58.0. The molecule has 2 rings (SSSR count). The van der Waals surface area contributed by atoms with Crippen molar-refractivity contribution in [3.63, 3.8) is 0 Å². The second kappa shape index (κ2) is 7.18. The highest BCUT2D eigenvalue weighted by Gasteiger charge is 2.31. The second-order valence-corrected chi connectivity index (χ2v) is 5.67. The topological polar surface area (TPSA) is 83.8 Å². The van der Waals surface area contributed by atoms with Crippen LogP contribution in [0.5, 0.6) is 11.5 Å². The summed E-state index contributed by atoms with van der Waals surface area (Å²) in [6.07, 6.45) is 0. The van der Waals surface area contributed by atoms with Gasteiger partial charge in [0.05, 0.1) is 16.1 Å². The molecule has 2 N–H and O–H groups in total. The maximum atomic E-state index is 13.7. The van der Waals surface area contributed by atoms with Crippen LogP contribution in [0.2, 0.25) is 15.1 Å². The van der Waals surface area contributed by atoms with Crippen LogP contribution in [0.4, 0.5) is 17.6 Å². The van der Waals surface area contributed by atoms with Crippen molar-refractivity contribution >= 4 is 46.7 Å². The molecule has 0 heterocycles. The molecule has 0 spiro atoms. The van der Waals surface area contributed by atoms with Gasteiger partial charge in [-0.2, -0.15) is 4.39 Å². The summed E-state index contributed by atoms with van der Waals surface area (Å²) in [7, 11) is 0. The van der Waals surface area contributed by atoms with E-state index in [9.17, 15) is 27.2 Å². The number of halogens is 7. The van der Waals surface area contributed by atoms with Gasteiger partial charge >= 0.3 is 11.9 Å². The lowest BCUT2D eigenvalue weighted by molar-refractivity contribution is 0.0651. The monoisotopic (exact) mass is 432 g/mol. The van der Waals surface area contributed by atoms with Crippen molar-refractivity contribution in [1.29, 1.82) is 0 Å². The Morgan fingerprint density at radius 3 is 1.81 bits per heavy atom. The van der Waals surface area contributed by atoms with Crippen molar-refractivity contribution in [2.75, 3.05) is 0 Å². The molecule has 0 saturated carbocycles. The van der Waals surface area contributed by atoms with Crippen molar-refractivity contribution < 1.29 is 42.1 Å². The SMILES string of the molecule is O=C(O)c1c(Cl)c(Cl)c(Oc2cc(F)c(F)c(F)c2F)c(Cl)c1C(=O)O. The van der Waals surface area contributed by atoms with Gasteiger partial charge in [-0.25, -0.2) is 22.8 Å². The van der Waals surface area contributed by atoms with Crippen LogP contribution < -0.4 is 4.74 Å². The first kappa shape index (κ1) is 20.1. The zero-order valence-electron chi connectivity index (χ0n) is 11.8. The summed E-state index contributed by atoms with van der Waals surface area (Å²) in [6.45, 7) is 0. The minimum Gasteiger partial charge on any atom is -0.478 e. The third kappa shape index (κ3) is 3.25. The molecule has 0 aliphatic carbocycles. The van der Waals surface area contributed by atoms with E-state index < -0.39 is 72.9 Å². The van der Waals surface area contributed by atoms with Gasteiger partial charge in [-0.3, -0.25) is 0 Å². The Bertz CT molecular complexity index is 965. The summed E-state index contributed by atoms with van der Waals surface area (Å²) in [4.78, 5) is 22.5. The molecule has 0 saturated heterocycles. The van der Waals surface area contributed by atoms with Crippen molar-refractivity contribution in [3.05, 3.63) is 55.5 Å². The average molecular weight is 434 g/mol. The molecule has 0 radical (unpaired) electrons. The number of rotatable bonds is 4. The van der Waals surface area contributed by atoms with E-state index in [1.54, 1.807) is 0 Å². The average Bonchev–Trinajstić information content (AvgIpc) is 2.56.